The number of carboxylic acid groups (broad SMARTS) is 1. The number of carboxylic acids is 1. The minimum Gasteiger partial charge on any atom is -0.478 e. The van der Waals surface area contributed by atoms with Crippen molar-refractivity contribution in [2.45, 2.75) is 31.2 Å². The lowest BCUT2D eigenvalue weighted by atomic mass is 10.1. The largest absolute Gasteiger partial charge is 0.478 e. The Hall–Kier alpha value is -3.06. The van der Waals surface area contributed by atoms with Gasteiger partial charge in [0.25, 0.3) is 0 Å². The van der Waals surface area contributed by atoms with Crippen molar-refractivity contribution in [3.8, 4) is 0 Å². The average Bonchev–Trinajstić information content (AvgIpc) is 3.02. The third-order valence-corrected chi connectivity index (χ3v) is 5.64. The summed E-state index contributed by atoms with van der Waals surface area (Å²) in [6, 6.07) is 15.2. The minimum absolute atomic E-state index is 0.0362. The van der Waals surface area contributed by atoms with Crippen LogP contribution < -0.4 is 10.2 Å². The molecular formula is C22H22N2O4S. The molecule has 2 N–H and O–H groups in total. The fourth-order valence-corrected chi connectivity index (χ4v) is 3.99. The van der Waals surface area contributed by atoms with Gasteiger partial charge in [-0.2, -0.15) is 0 Å². The number of carbonyl (C=O) groups is 3. The Morgan fingerprint density at radius 3 is 2.55 bits per heavy atom. The number of aliphatic carboxylic acids is 1. The Balaban J connectivity index is 1.57. The van der Waals surface area contributed by atoms with Crippen molar-refractivity contribution in [2.24, 2.45) is 0 Å². The van der Waals surface area contributed by atoms with Gasteiger partial charge in [0.15, 0.2) is 0 Å². The van der Waals surface area contributed by atoms with Crippen molar-refractivity contribution in [1.82, 2.24) is 0 Å². The van der Waals surface area contributed by atoms with E-state index in [-0.39, 0.29) is 17.5 Å². The highest BCUT2D eigenvalue weighted by Crippen LogP contribution is 2.33. The Bertz CT molecular complexity index is 969. The number of nitrogens with one attached hydrogen (secondary N) is 1. The summed E-state index contributed by atoms with van der Waals surface area (Å²) >= 11 is 1.44. The Labute approximate surface area is 173 Å². The lowest BCUT2D eigenvalue weighted by molar-refractivity contribution is -0.132. The summed E-state index contributed by atoms with van der Waals surface area (Å²) in [5.74, 6) is -1.24. The van der Waals surface area contributed by atoms with Crippen LogP contribution >= 0.6 is 11.8 Å². The molecule has 1 atom stereocenters. The summed E-state index contributed by atoms with van der Waals surface area (Å²) in [5, 5.41) is 11.4. The molecule has 7 heteroatoms. The second kappa shape index (κ2) is 8.96. The van der Waals surface area contributed by atoms with Gasteiger partial charge in [0.1, 0.15) is 0 Å². The normalized spacial score (nSPS) is 15.7. The van der Waals surface area contributed by atoms with E-state index >= 15 is 0 Å². The number of fused-ring (bicyclic) bond motifs is 1. The van der Waals surface area contributed by atoms with Gasteiger partial charge >= 0.3 is 5.97 Å². The lowest BCUT2D eigenvalue weighted by Gasteiger charge is -2.22. The van der Waals surface area contributed by atoms with Gasteiger partial charge in [-0.3, -0.25) is 9.59 Å². The number of thioether (sulfide) groups is 1. The number of carbonyl (C=O) groups excluding carboxylic acids is 2. The van der Waals surface area contributed by atoms with E-state index in [9.17, 15) is 14.4 Å². The maximum Gasteiger partial charge on any atom is 0.331 e. The molecule has 0 saturated carbocycles. The topological polar surface area (TPSA) is 86.7 Å². The third kappa shape index (κ3) is 5.06. The van der Waals surface area contributed by atoms with Crippen LogP contribution in [0.25, 0.3) is 0 Å². The molecular weight excluding hydrogens is 388 g/mol. The van der Waals surface area contributed by atoms with Crippen LogP contribution in [0, 0.1) is 0 Å². The number of benzene rings is 2. The molecule has 2 aromatic carbocycles. The number of nitrogens with zero attached hydrogens (tertiary/aromatic N) is 1. The van der Waals surface area contributed by atoms with Gasteiger partial charge in [-0.25, -0.2) is 4.79 Å². The minimum atomic E-state index is -1.13. The van der Waals surface area contributed by atoms with Crippen LogP contribution in [0.5, 0.6) is 0 Å². The van der Waals surface area contributed by atoms with Crippen molar-refractivity contribution < 1.29 is 19.5 Å². The molecule has 150 valence electrons. The maximum absolute atomic E-state index is 12.8. The van der Waals surface area contributed by atoms with E-state index < -0.39 is 11.9 Å². The monoisotopic (exact) mass is 410 g/mol. The molecule has 0 aromatic heterocycles. The molecule has 0 aliphatic carbocycles. The predicted molar refractivity (Wildman–Crippen MR) is 114 cm³/mol. The number of para-hydroxylation sites is 1. The van der Waals surface area contributed by atoms with E-state index in [0.717, 1.165) is 23.1 Å². The van der Waals surface area contributed by atoms with Gasteiger partial charge in [-0.15, -0.1) is 11.8 Å². The highest BCUT2D eigenvalue weighted by atomic mass is 32.2. The van der Waals surface area contributed by atoms with Crippen molar-refractivity contribution in [3.63, 3.8) is 0 Å². The maximum atomic E-state index is 12.8. The standard InChI is InChI=1S/C22H22N2O4S/c1-14(22(27)28)11-20(25)23-17-7-9-18(10-8-17)29-13-21(26)24-15(2)12-16-5-3-4-6-19(16)24/h3-11,15H,12-13H2,1-2H3,(H,23,25)(H,27,28)/b14-11+. The van der Waals surface area contributed by atoms with Gasteiger partial charge in [-0.1, -0.05) is 18.2 Å². The van der Waals surface area contributed by atoms with Gasteiger partial charge in [0.2, 0.25) is 11.8 Å². The highest BCUT2D eigenvalue weighted by molar-refractivity contribution is 8.00. The number of hydrogen-bond acceptors (Lipinski definition) is 4. The quantitative estimate of drug-likeness (QED) is 0.560. The van der Waals surface area contributed by atoms with Crippen molar-refractivity contribution in [1.29, 1.82) is 0 Å². The van der Waals surface area contributed by atoms with Crippen molar-refractivity contribution >= 4 is 40.9 Å². The first-order valence-corrected chi connectivity index (χ1v) is 10.2. The van der Waals surface area contributed by atoms with Gasteiger partial charge in [-0.05, 0) is 56.2 Å². The second-order valence-electron chi connectivity index (χ2n) is 6.88. The van der Waals surface area contributed by atoms with E-state index in [4.69, 9.17) is 5.11 Å². The number of hydrogen-bond donors (Lipinski definition) is 2. The number of anilines is 2. The SMILES string of the molecule is C/C(=C\C(=O)Nc1ccc(SCC(=O)N2c3ccccc3CC2C)cc1)C(=O)O. The molecule has 0 spiro atoms. The first kappa shape index (κ1) is 20.7. The molecule has 2 amide bonds. The first-order chi connectivity index (χ1) is 13.8. The lowest BCUT2D eigenvalue weighted by Crippen LogP contribution is -2.36. The fraction of sp³-hybridized carbons (Fsp3) is 0.227. The zero-order valence-electron chi connectivity index (χ0n) is 16.2. The molecule has 2 aromatic rings. The van der Waals surface area contributed by atoms with Crippen LogP contribution in [0.4, 0.5) is 11.4 Å². The number of amides is 2. The summed E-state index contributed by atoms with van der Waals surface area (Å²) in [4.78, 5) is 38.1. The second-order valence-corrected chi connectivity index (χ2v) is 7.93. The predicted octanol–water partition coefficient (Wildman–Crippen LogP) is 3.73. The molecule has 0 radical (unpaired) electrons. The van der Waals surface area contributed by atoms with E-state index in [1.807, 2.05) is 35.2 Å². The molecule has 29 heavy (non-hydrogen) atoms. The van der Waals surface area contributed by atoms with E-state index in [1.165, 1.54) is 24.2 Å². The van der Waals surface area contributed by atoms with Crippen LogP contribution in [0.2, 0.25) is 0 Å². The Morgan fingerprint density at radius 1 is 1.17 bits per heavy atom. The van der Waals surface area contributed by atoms with Crippen LogP contribution in [-0.2, 0) is 20.8 Å². The van der Waals surface area contributed by atoms with Crippen LogP contribution in [-0.4, -0.2) is 34.7 Å². The summed E-state index contributed by atoms with van der Waals surface area (Å²) in [7, 11) is 0. The average molecular weight is 410 g/mol. The summed E-state index contributed by atoms with van der Waals surface area (Å²) in [6.45, 7) is 3.42. The van der Waals surface area contributed by atoms with Gasteiger partial charge in [0.05, 0.1) is 5.75 Å². The Kier molecular flexibility index (Phi) is 6.39. The molecule has 1 heterocycles. The van der Waals surface area contributed by atoms with Crippen LogP contribution in [0.15, 0.2) is 65.1 Å². The highest BCUT2D eigenvalue weighted by Gasteiger charge is 2.30. The molecule has 1 unspecified atom stereocenters. The van der Waals surface area contributed by atoms with E-state index in [0.29, 0.717) is 11.4 Å². The third-order valence-electron chi connectivity index (χ3n) is 4.65. The smallest absolute Gasteiger partial charge is 0.331 e. The van der Waals surface area contributed by atoms with Crippen molar-refractivity contribution in [2.75, 3.05) is 16.0 Å². The van der Waals surface area contributed by atoms with E-state index in [2.05, 4.69) is 18.3 Å². The molecule has 0 bridgehead atoms. The molecule has 3 rings (SSSR count). The first-order valence-electron chi connectivity index (χ1n) is 9.20. The van der Waals surface area contributed by atoms with Gasteiger partial charge in [0, 0.05) is 34.0 Å². The Morgan fingerprint density at radius 2 is 1.86 bits per heavy atom. The fourth-order valence-electron chi connectivity index (χ4n) is 3.23. The molecule has 6 nitrogen and oxygen atoms in total. The van der Waals surface area contributed by atoms with E-state index in [1.54, 1.807) is 12.1 Å². The van der Waals surface area contributed by atoms with Crippen LogP contribution in [0.3, 0.4) is 0 Å². The summed E-state index contributed by atoms with van der Waals surface area (Å²) in [5.41, 5.74) is 2.71. The molecule has 1 aliphatic rings. The summed E-state index contributed by atoms with van der Waals surface area (Å²) in [6.07, 6.45) is 1.91. The summed E-state index contributed by atoms with van der Waals surface area (Å²) < 4.78 is 0. The zero-order valence-corrected chi connectivity index (χ0v) is 17.0. The van der Waals surface area contributed by atoms with Gasteiger partial charge < -0.3 is 15.3 Å². The molecule has 0 fully saturated rings. The molecule has 0 saturated heterocycles. The molecule has 1 aliphatic heterocycles. The number of rotatable bonds is 6. The zero-order chi connectivity index (χ0) is 21.0. The van der Waals surface area contributed by atoms with Crippen LogP contribution in [0.1, 0.15) is 19.4 Å². The van der Waals surface area contributed by atoms with Crippen molar-refractivity contribution in [3.05, 3.63) is 65.7 Å².